The van der Waals surface area contributed by atoms with Gasteiger partial charge in [-0.2, -0.15) is 0 Å². The van der Waals surface area contributed by atoms with Crippen LogP contribution in [0, 0.1) is 0 Å². The maximum Gasteiger partial charge on any atom is 0.323 e. The molecule has 0 radical (unpaired) electrons. The largest absolute Gasteiger partial charge is 0.480 e. The molecule has 4 nitrogen and oxygen atoms in total. The van der Waals surface area contributed by atoms with Crippen molar-refractivity contribution < 1.29 is 9.90 Å². The summed E-state index contributed by atoms with van der Waals surface area (Å²) in [6.45, 7) is 0.112. The van der Waals surface area contributed by atoms with Crippen LogP contribution in [0.1, 0.15) is 30.5 Å². The highest BCUT2D eigenvalue weighted by Gasteiger charge is 2.32. The average molecular weight is 232 g/mol. The highest BCUT2D eigenvalue weighted by atomic mass is 16.4. The number of fused-ring (bicyclic) bond motifs is 1. The number of carboxylic acids is 1. The van der Waals surface area contributed by atoms with Crippen LogP contribution in [0.3, 0.4) is 0 Å². The fraction of sp³-hybridized carbons (Fsp3) is 0.538. The van der Waals surface area contributed by atoms with E-state index in [1.807, 2.05) is 17.2 Å². The predicted molar refractivity (Wildman–Crippen MR) is 64.3 cm³/mol. The summed E-state index contributed by atoms with van der Waals surface area (Å²) in [7, 11) is 0. The summed E-state index contributed by atoms with van der Waals surface area (Å²) < 4.78 is 0. The minimum absolute atomic E-state index is 0.112. The van der Waals surface area contributed by atoms with E-state index in [0.29, 0.717) is 6.04 Å². The van der Waals surface area contributed by atoms with Gasteiger partial charge in [0.2, 0.25) is 0 Å². The smallest absolute Gasteiger partial charge is 0.323 e. The first-order valence-corrected chi connectivity index (χ1v) is 6.21. The number of hydrogen-bond donors (Lipinski definition) is 1. The zero-order chi connectivity index (χ0) is 11.8. The Hall–Kier alpha value is -1.58. The summed E-state index contributed by atoms with van der Waals surface area (Å²) in [4.78, 5) is 17.4. The van der Waals surface area contributed by atoms with Crippen molar-refractivity contribution in [2.24, 2.45) is 0 Å². The molecule has 1 N–H and O–H groups in total. The molecule has 0 aromatic carbocycles. The molecule has 2 aliphatic carbocycles. The summed E-state index contributed by atoms with van der Waals surface area (Å²) >= 11 is 0. The van der Waals surface area contributed by atoms with Crippen molar-refractivity contribution in [2.75, 3.05) is 11.4 Å². The number of carboxylic acid groups (broad SMARTS) is 1. The molecule has 0 aliphatic heterocycles. The minimum Gasteiger partial charge on any atom is -0.480 e. The van der Waals surface area contributed by atoms with Gasteiger partial charge in [-0.3, -0.25) is 9.78 Å². The number of rotatable bonds is 4. The fourth-order valence-corrected chi connectivity index (χ4v) is 2.66. The number of aryl methyl sites for hydroxylation is 1. The first kappa shape index (κ1) is 10.6. The molecular weight excluding hydrogens is 216 g/mol. The quantitative estimate of drug-likeness (QED) is 0.857. The van der Waals surface area contributed by atoms with E-state index in [2.05, 4.69) is 4.98 Å². The molecule has 4 heteroatoms. The van der Waals surface area contributed by atoms with Crippen molar-refractivity contribution in [1.82, 2.24) is 4.98 Å². The van der Waals surface area contributed by atoms with Gasteiger partial charge in [0.25, 0.3) is 0 Å². The number of carbonyl (C=O) groups is 1. The van der Waals surface area contributed by atoms with Gasteiger partial charge < -0.3 is 10.0 Å². The molecule has 0 spiro atoms. The van der Waals surface area contributed by atoms with E-state index in [1.54, 1.807) is 0 Å². The highest BCUT2D eigenvalue weighted by molar-refractivity contribution is 5.75. The third-order valence-electron chi connectivity index (χ3n) is 3.56. The zero-order valence-electron chi connectivity index (χ0n) is 9.72. The van der Waals surface area contributed by atoms with Crippen molar-refractivity contribution in [3.8, 4) is 0 Å². The van der Waals surface area contributed by atoms with Crippen LogP contribution in [0.2, 0.25) is 0 Å². The monoisotopic (exact) mass is 232 g/mol. The Morgan fingerprint density at radius 1 is 1.47 bits per heavy atom. The molecule has 0 unspecified atom stereocenters. The van der Waals surface area contributed by atoms with E-state index < -0.39 is 5.97 Å². The molecule has 0 amide bonds. The van der Waals surface area contributed by atoms with Gasteiger partial charge in [0.1, 0.15) is 6.54 Å². The summed E-state index contributed by atoms with van der Waals surface area (Å²) in [5, 5.41) is 9.01. The molecule has 1 fully saturated rings. The normalized spacial score (nSPS) is 17.9. The predicted octanol–water partition coefficient (Wildman–Crippen LogP) is 1.62. The number of pyridine rings is 1. The van der Waals surface area contributed by atoms with Crippen LogP contribution in [-0.2, 0) is 17.6 Å². The van der Waals surface area contributed by atoms with Crippen molar-refractivity contribution in [3.63, 3.8) is 0 Å². The molecule has 3 rings (SSSR count). The summed E-state index contributed by atoms with van der Waals surface area (Å²) in [6, 6.07) is 2.41. The second-order valence-electron chi connectivity index (χ2n) is 4.86. The van der Waals surface area contributed by atoms with Crippen LogP contribution >= 0.6 is 0 Å². The number of aromatic nitrogens is 1. The van der Waals surface area contributed by atoms with Crippen LogP contribution < -0.4 is 4.90 Å². The third-order valence-corrected chi connectivity index (χ3v) is 3.56. The minimum atomic E-state index is -0.750. The van der Waals surface area contributed by atoms with E-state index in [0.717, 1.165) is 37.8 Å². The SMILES string of the molecule is O=C(O)CN(c1ccnc2c1CCC2)C1CC1. The van der Waals surface area contributed by atoms with E-state index in [9.17, 15) is 4.79 Å². The Morgan fingerprint density at radius 2 is 2.29 bits per heavy atom. The standard InChI is InChI=1S/C13H16N2O2/c16-13(17)8-15(9-4-5-9)12-6-7-14-11-3-1-2-10(11)12/h6-7,9H,1-5,8H2,(H,16,17). The van der Waals surface area contributed by atoms with Crippen LogP contribution in [-0.4, -0.2) is 28.6 Å². The molecule has 1 aromatic heterocycles. The molecule has 0 atom stereocenters. The summed E-state index contributed by atoms with van der Waals surface area (Å²) in [5.74, 6) is -0.750. The molecule has 2 aliphatic rings. The van der Waals surface area contributed by atoms with E-state index >= 15 is 0 Å². The van der Waals surface area contributed by atoms with Gasteiger partial charge in [0.05, 0.1) is 0 Å². The van der Waals surface area contributed by atoms with Crippen molar-refractivity contribution in [1.29, 1.82) is 0 Å². The topological polar surface area (TPSA) is 53.4 Å². The maximum absolute atomic E-state index is 11.0. The Labute approximate surface area is 100 Å². The molecule has 17 heavy (non-hydrogen) atoms. The molecule has 90 valence electrons. The van der Waals surface area contributed by atoms with Crippen LogP contribution in [0.15, 0.2) is 12.3 Å². The van der Waals surface area contributed by atoms with Gasteiger partial charge in [-0.05, 0) is 43.7 Å². The lowest BCUT2D eigenvalue weighted by Crippen LogP contribution is -2.32. The Balaban J connectivity index is 1.95. The van der Waals surface area contributed by atoms with Crippen LogP contribution in [0.4, 0.5) is 5.69 Å². The van der Waals surface area contributed by atoms with Gasteiger partial charge in [0, 0.05) is 23.6 Å². The lowest BCUT2D eigenvalue weighted by molar-refractivity contribution is -0.135. The van der Waals surface area contributed by atoms with Crippen LogP contribution in [0.25, 0.3) is 0 Å². The van der Waals surface area contributed by atoms with Crippen LogP contribution in [0.5, 0.6) is 0 Å². The number of anilines is 1. The Bertz CT molecular complexity index is 455. The van der Waals surface area contributed by atoms with Gasteiger partial charge in [-0.25, -0.2) is 0 Å². The average Bonchev–Trinajstić information content (AvgIpc) is 3.02. The molecule has 1 heterocycles. The van der Waals surface area contributed by atoms with E-state index in [4.69, 9.17) is 5.11 Å². The van der Waals surface area contributed by atoms with Gasteiger partial charge in [-0.15, -0.1) is 0 Å². The van der Waals surface area contributed by atoms with Gasteiger partial charge in [0.15, 0.2) is 0 Å². The zero-order valence-corrected chi connectivity index (χ0v) is 9.72. The van der Waals surface area contributed by atoms with E-state index in [-0.39, 0.29) is 6.54 Å². The Kier molecular flexibility index (Phi) is 2.50. The van der Waals surface area contributed by atoms with Crippen molar-refractivity contribution >= 4 is 11.7 Å². The lowest BCUT2D eigenvalue weighted by atomic mass is 10.1. The van der Waals surface area contributed by atoms with Gasteiger partial charge in [-0.1, -0.05) is 0 Å². The number of hydrogen-bond acceptors (Lipinski definition) is 3. The third kappa shape index (κ3) is 1.99. The second-order valence-corrected chi connectivity index (χ2v) is 4.86. The summed E-state index contributed by atoms with van der Waals surface area (Å²) in [6.07, 6.45) is 7.27. The highest BCUT2D eigenvalue weighted by Crippen LogP contribution is 2.36. The second kappa shape index (κ2) is 4.02. The number of aliphatic carboxylic acids is 1. The molecule has 1 saturated carbocycles. The molecule has 1 aromatic rings. The van der Waals surface area contributed by atoms with Crippen molar-refractivity contribution in [3.05, 3.63) is 23.5 Å². The number of nitrogens with zero attached hydrogens (tertiary/aromatic N) is 2. The first-order chi connectivity index (χ1) is 8.25. The van der Waals surface area contributed by atoms with Gasteiger partial charge >= 0.3 is 5.97 Å². The maximum atomic E-state index is 11.0. The fourth-order valence-electron chi connectivity index (χ4n) is 2.66. The Morgan fingerprint density at radius 3 is 3.00 bits per heavy atom. The molecule has 0 bridgehead atoms. The molecular formula is C13H16N2O2. The lowest BCUT2D eigenvalue weighted by Gasteiger charge is -2.24. The van der Waals surface area contributed by atoms with E-state index in [1.165, 1.54) is 11.3 Å². The first-order valence-electron chi connectivity index (χ1n) is 6.21. The summed E-state index contributed by atoms with van der Waals surface area (Å²) in [5.41, 5.74) is 3.55. The van der Waals surface area contributed by atoms with Crippen molar-refractivity contribution in [2.45, 2.75) is 38.1 Å². The molecule has 0 saturated heterocycles.